The van der Waals surface area contributed by atoms with Gasteiger partial charge in [0.1, 0.15) is 6.04 Å². The molecule has 2 amide bonds. The third kappa shape index (κ3) is 2.85. The van der Waals surface area contributed by atoms with Crippen LogP contribution in [0.15, 0.2) is 6.33 Å². The molecule has 3 heterocycles. The van der Waals surface area contributed by atoms with Crippen LogP contribution in [0.4, 0.5) is 4.79 Å². The topological polar surface area (TPSA) is 108 Å². The highest BCUT2D eigenvalue weighted by Gasteiger charge is 2.36. The predicted octanol–water partition coefficient (Wildman–Crippen LogP) is 0.110. The van der Waals surface area contributed by atoms with E-state index in [-0.39, 0.29) is 25.0 Å². The Bertz CT molecular complexity index is 538. The van der Waals surface area contributed by atoms with Crippen LogP contribution in [-0.4, -0.2) is 57.3 Å². The molecule has 0 aromatic carbocycles. The van der Waals surface area contributed by atoms with Gasteiger partial charge < -0.3 is 25.0 Å². The van der Waals surface area contributed by atoms with Gasteiger partial charge in [0.05, 0.1) is 36.9 Å². The fourth-order valence-corrected chi connectivity index (χ4v) is 2.78. The summed E-state index contributed by atoms with van der Waals surface area (Å²) in [6.07, 6.45) is 3.51. The number of imidazole rings is 1. The zero-order chi connectivity index (χ0) is 14.8. The van der Waals surface area contributed by atoms with Crippen LogP contribution < -0.4 is 5.32 Å². The molecule has 1 aromatic heterocycles. The fourth-order valence-electron chi connectivity index (χ4n) is 2.78. The van der Waals surface area contributed by atoms with Crippen molar-refractivity contribution < 1.29 is 19.4 Å². The summed E-state index contributed by atoms with van der Waals surface area (Å²) < 4.78 is 5.32. The number of hydrogen-bond donors (Lipinski definition) is 3. The molecular formula is C13H18N4O4. The Hall–Kier alpha value is -2.09. The molecule has 2 aliphatic rings. The van der Waals surface area contributed by atoms with Gasteiger partial charge in [-0.15, -0.1) is 0 Å². The maximum atomic E-state index is 12.4. The van der Waals surface area contributed by atoms with Crippen LogP contribution in [-0.2, 0) is 22.5 Å². The van der Waals surface area contributed by atoms with Crippen molar-refractivity contribution >= 4 is 12.0 Å². The van der Waals surface area contributed by atoms with Gasteiger partial charge in [0.25, 0.3) is 0 Å². The van der Waals surface area contributed by atoms with Gasteiger partial charge in [0.15, 0.2) is 0 Å². The SMILES string of the molecule is O=C(O)C1Cc2nc[nH]c2CN1C(=O)NC1CCCOC1. The molecule has 0 bridgehead atoms. The van der Waals surface area contributed by atoms with Crippen molar-refractivity contribution in [3.63, 3.8) is 0 Å². The second kappa shape index (κ2) is 5.72. The third-order valence-electron chi connectivity index (χ3n) is 3.93. The van der Waals surface area contributed by atoms with Crippen molar-refractivity contribution in [3.05, 3.63) is 17.7 Å². The summed E-state index contributed by atoms with van der Waals surface area (Å²) >= 11 is 0. The van der Waals surface area contributed by atoms with E-state index in [9.17, 15) is 14.7 Å². The van der Waals surface area contributed by atoms with E-state index in [2.05, 4.69) is 15.3 Å². The number of nitrogens with zero attached hydrogens (tertiary/aromatic N) is 2. The van der Waals surface area contributed by atoms with Crippen molar-refractivity contribution in [1.29, 1.82) is 0 Å². The molecule has 2 atom stereocenters. The van der Waals surface area contributed by atoms with Gasteiger partial charge in [-0.2, -0.15) is 0 Å². The molecular weight excluding hydrogens is 276 g/mol. The molecule has 2 unspecified atom stereocenters. The molecule has 0 saturated carbocycles. The van der Waals surface area contributed by atoms with Gasteiger partial charge >= 0.3 is 12.0 Å². The fraction of sp³-hybridized carbons (Fsp3) is 0.615. The molecule has 1 fully saturated rings. The number of ether oxygens (including phenoxy) is 1. The number of fused-ring (bicyclic) bond motifs is 1. The van der Waals surface area contributed by atoms with Crippen molar-refractivity contribution in [2.45, 2.75) is 37.9 Å². The Balaban J connectivity index is 1.72. The zero-order valence-electron chi connectivity index (χ0n) is 11.5. The van der Waals surface area contributed by atoms with E-state index in [1.807, 2.05) is 0 Å². The third-order valence-corrected chi connectivity index (χ3v) is 3.93. The number of carbonyl (C=O) groups is 2. The molecule has 114 valence electrons. The largest absolute Gasteiger partial charge is 0.480 e. The zero-order valence-corrected chi connectivity index (χ0v) is 11.5. The molecule has 2 aliphatic heterocycles. The van der Waals surface area contributed by atoms with Crippen LogP contribution in [0, 0.1) is 0 Å². The number of rotatable bonds is 2. The molecule has 0 aliphatic carbocycles. The number of amides is 2. The molecule has 8 nitrogen and oxygen atoms in total. The number of carbonyl (C=O) groups excluding carboxylic acids is 1. The predicted molar refractivity (Wildman–Crippen MR) is 71.6 cm³/mol. The number of carboxylic acids is 1. The Kier molecular flexibility index (Phi) is 3.78. The minimum atomic E-state index is -1.02. The highest BCUT2D eigenvalue weighted by Crippen LogP contribution is 2.21. The van der Waals surface area contributed by atoms with E-state index in [4.69, 9.17) is 4.74 Å². The first-order chi connectivity index (χ1) is 10.1. The van der Waals surface area contributed by atoms with Crippen molar-refractivity contribution in [2.75, 3.05) is 13.2 Å². The second-order valence-corrected chi connectivity index (χ2v) is 5.38. The van der Waals surface area contributed by atoms with E-state index in [1.165, 1.54) is 11.2 Å². The highest BCUT2D eigenvalue weighted by molar-refractivity contribution is 5.83. The lowest BCUT2D eigenvalue weighted by Crippen LogP contribution is -2.55. The standard InChI is InChI=1S/C13H18N4O4/c18-12(19)11-4-9-10(15-7-14-9)5-17(11)13(20)16-8-2-1-3-21-6-8/h7-8,11H,1-6H2,(H,14,15)(H,16,20)(H,18,19). The summed E-state index contributed by atoms with van der Waals surface area (Å²) in [5, 5.41) is 12.2. The van der Waals surface area contributed by atoms with Crippen molar-refractivity contribution in [2.24, 2.45) is 0 Å². The van der Waals surface area contributed by atoms with Gasteiger partial charge in [-0.1, -0.05) is 0 Å². The quantitative estimate of drug-likeness (QED) is 0.717. The van der Waals surface area contributed by atoms with E-state index in [0.717, 1.165) is 18.5 Å². The van der Waals surface area contributed by atoms with Crippen LogP contribution >= 0.6 is 0 Å². The summed E-state index contributed by atoms with van der Waals surface area (Å²) in [4.78, 5) is 32.2. The van der Waals surface area contributed by atoms with Gasteiger partial charge in [-0.3, -0.25) is 0 Å². The number of nitrogens with one attached hydrogen (secondary N) is 2. The average molecular weight is 294 g/mol. The molecule has 21 heavy (non-hydrogen) atoms. The highest BCUT2D eigenvalue weighted by atomic mass is 16.5. The monoisotopic (exact) mass is 294 g/mol. The summed E-state index contributed by atoms with van der Waals surface area (Å²) in [6, 6.07) is -1.30. The lowest BCUT2D eigenvalue weighted by atomic mass is 10.0. The molecule has 0 spiro atoms. The second-order valence-electron chi connectivity index (χ2n) is 5.38. The number of hydrogen-bond acceptors (Lipinski definition) is 4. The summed E-state index contributed by atoms with van der Waals surface area (Å²) in [5.41, 5.74) is 1.51. The Morgan fingerprint density at radius 1 is 1.52 bits per heavy atom. The Labute approximate surface area is 121 Å². The van der Waals surface area contributed by atoms with Crippen LogP contribution in [0.2, 0.25) is 0 Å². The molecule has 1 saturated heterocycles. The van der Waals surface area contributed by atoms with E-state index < -0.39 is 12.0 Å². The maximum absolute atomic E-state index is 12.4. The summed E-state index contributed by atoms with van der Waals surface area (Å²) in [7, 11) is 0. The van der Waals surface area contributed by atoms with Gasteiger partial charge in [-0.05, 0) is 12.8 Å². The van der Waals surface area contributed by atoms with E-state index in [1.54, 1.807) is 0 Å². The Morgan fingerprint density at radius 3 is 3.10 bits per heavy atom. The maximum Gasteiger partial charge on any atom is 0.326 e. The van der Waals surface area contributed by atoms with Gasteiger partial charge in [-0.25, -0.2) is 14.6 Å². The van der Waals surface area contributed by atoms with Crippen molar-refractivity contribution in [1.82, 2.24) is 20.2 Å². The number of aromatic amines is 1. The van der Waals surface area contributed by atoms with E-state index in [0.29, 0.717) is 18.9 Å². The minimum Gasteiger partial charge on any atom is -0.480 e. The number of H-pyrrole nitrogens is 1. The first-order valence-electron chi connectivity index (χ1n) is 7.04. The molecule has 3 N–H and O–H groups in total. The number of carboxylic acid groups (broad SMARTS) is 1. The van der Waals surface area contributed by atoms with Crippen molar-refractivity contribution in [3.8, 4) is 0 Å². The van der Waals surface area contributed by atoms with Crippen LogP contribution in [0.3, 0.4) is 0 Å². The number of aromatic nitrogens is 2. The molecule has 1 aromatic rings. The summed E-state index contributed by atoms with van der Waals surface area (Å²) in [5.74, 6) is -1.02. The Morgan fingerprint density at radius 2 is 2.38 bits per heavy atom. The first-order valence-corrected chi connectivity index (χ1v) is 7.04. The number of aliphatic carboxylic acids is 1. The summed E-state index contributed by atoms with van der Waals surface area (Å²) in [6.45, 7) is 1.42. The number of urea groups is 1. The van der Waals surface area contributed by atoms with Crippen LogP contribution in [0.5, 0.6) is 0 Å². The lowest BCUT2D eigenvalue weighted by molar-refractivity contribution is -0.142. The smallest absolute Gasteiger partial charge is 0.326 e. The van der Waals surface area contributed by atoms with Gasteiger partial charge in [0.2, 0.25) is 0 Å². The normalized spacial score (nSPS) is 25.2. The molecule has 3 rings (SSSR count). The van der Waals surface area contributed by atoms with E-state index >= 15 is 0 Å². The lowest BCUT2D eigenvalue weighted by Gasteiger charge is -2.34. The molecule has 8 heteroatoms. The minimum absolute atomic E-state index is 0.0520. The van der Waals surface area contributed by atoms with Gasteiger partial charge in [0, 0.05) is 13.0 Å². The molecule has 0 radical (unpaired) electrons. The van der Waals surface area contributed by atoms with Crippen LogP contribution in [0.25, 0.3) is 0 Å². The average Bonchev–Trinajstić information content (AvgIpc) is 2.94. The van der Waals surface area contributed by atoms with Crippen LogP contribution in [0.1, 0.15) is 24.2 Å². The first kappa shape index (κ1) is 13.9.